The Morgan fingerprint density at radius 3 is 2.56 bits per heavy atom. The van der Waals surface area contributed by atoms with Crippen molar-refractivity contribution in [1.29, 1.82) is 0 Å². The van der Waals surface area contributed by atoms with Crippen molar-refractivity contribution in [1.82, 2.24) is 5.32 Å². The average Bonchev–Trinajstić information content (AvgIpc) is 3.18. The van der Waals surface area contributed by atoms with Gasteiger partial charge in [0.05, 0.1) is 0 Å². The number of aliphatic hydroxyl groups is 1. The van der Waals surface area contributed by atoms with Crippen LogP contribution in [0.4, 0.5) is 0 Å². The summed E-state index contributed by atoms with van der Waals surface area (Å²) in [6.07, 6.45) is 3.09. The minimum Gasteiger partial charge on any atom is -0.491 e. The Bertz CT molecular complexity index is 338. The molecule has 1 fully saturated rings. The fourth-order valence-corrected chi connectivity index (χ4v) is 1.66. The standard InChI is InChI=1S/C14H21NO2.ClH/c1-2-11-3-7-14(8-4-11)17-10-13(16)9-15-12-5-6-12;/h3-4,7-8,12-13,15-16H,2,5-6,9-10H2,1H3;1H. The molecule has 18 heavy (non-hydrogen) atoms. The quantitative estimate of drug-likeness (QED) is 0.799. The van der Waals surface area contributed by atoms with Gasteiger partial charge in [-0.15, -0.1) is 12.4 Å². The molecule has 0 aliphatic heterocycles. The Labute approximate surface area is 115 Å². The Morgan fingerprint density at radius 2 is 2.00 bits per heavy atom. The van der Waals surface area contributed by atoms with Gasteiger partial charge in [0.25, 0.3) is 0 Å². The number of hydrogen-bond acceptors (Lipinski definition) is 3. The number of halogens is 1. The molecule has 1 aromatic rings. The van der Waals surface area contributed by atoms with E-state index in [1.54, 1.807) is 0 Å². The van der Waals surface area contributed by atoms with Gasteiger partial charge >= 0.3 is 0 Å². The van der Waals surface area contributed by atoms with Gasteiger partial charge in [-0.05, 0) is 37.0 Å². The molecular formula is C14H22ClNO2. The molecular weight excluding hydrogens is 250 g/mol. The van der Waals surface area contributed by atoms with Gasteiger partial charge in [0.15, 0.2) is 0 Å². The number of rotatable bonds is 7. The molecule has 1 saturated carbocycles. The first kappa shape index (κ1) is 15.3. The van der Waals surface area contributed by atoms with Crippen LogP contribution in [0, 0.1) is 0 Å². The Balaban J connectivity index is 0.00000162. The number of benzene rings is 1. The largest absolute Gasteiger partial charge is 0.491 e. The normalized spacial score (nSPS) is 15.9. The van der Waals surface area contributed by atoms with Crippen LogP contribution < -0.4 is 10.1 Å². The Hall–Kier alpha value is -0.770. The van der Waals surface area contributed by atoms with E-state index in [1.165, 1.54) is 18.4 Å². The molecule has 2 rings (SSSR count). The van der Waals surface area contributed by atoms with Crippen LogP contribution in [-0.4, -0.2) is 30.4 Å². The molecule has 0 spiro atoms. The van der Waals surface area contributed by atoms with Crippen molar-refractivity contribution in [2.24, 2.45) is 0 Å². The van der Waals surface area contributed by atoms with E-state index in [0.29, 0.717) is 19.2 Å². The summed E-state index contributed by atoms with van der Waals surface area (Å²) in [7, 11) is 0. The molecule has 0 radical (unpaired) electrons. The Morgan fingerprint density at radius 1 is 1.33 bits per heavy atom. The highest BCUT2D eigenvalue weighted by Gasteiger charge is 2.21. The van der Waals surface area contributed by atoms with Crippen molar-refractivity contribution in [3.05, 3.63) is 29.8 Å². The van der Waals surface area contributed by atoms with Crippen molar-refractivity contribution in [2.75, 3.05) is 13.2 Å². The van der Waals surface area contributed by atoms with Crippen LogP contribution in [0.3, 0.4) is 0 Å². The van der Waals surface area contributed by atoms with Crippen molar-refractivity contribution in [2.45, 2.75) is 38.3 Å². The molecule has 2 N–H and O–H groups in total. The van der Waals surface area contributed by atoms with Gasteiger partial charge in [-0.1, -0.05) is 19.1 Å². The zero-order chi connectivity index (χ0) is 12.1. The molecule has 0 amide bonds. The van der Waals surface area contributed by atoms with Crippen LogP contribution in [0.25, 0.3) is 0 Å². The van der Waals surface area contributed by atoms with Gasteiger partial charge in [-0.25, -0.2) is 0 Å². The minimum atomic E-state index is -0.429. The van der Waals surface area contributed by atoms with E-state index in [1.807, 2.05) is 12.1 Å². The van der Waals surface area contributed by atoms with Crippen LogP contribution >= 0.6 is 12.4 Å². The average molecular weight is 272 g/mol. The first-order chi connectivity index (χ1) is 8.28. The minimum absolute atomic E-state index is 0. The van der Waals surface area contributed by atoms with Crippen LogP contribution in [0.2, 0.25) is 0 Å². The molecule has 0 saturated heterocycles. The fourth-order valence-electron chi connectivity index (χ4n) is 1.66. The zero-order valence-electron chi connectivity index (χ0n) is 10.8. The predicted octanol–water partition coefficient (Wildman–Crippen LogP) is 2.16. The number of hydrogen-bond donors (Lipinski definition) is 2. The number of nitrogens with one attached hydrogen (secondary N) is 1. The lowest BCUT2D eigenvalue weighted by Gasteiger charge is -2.13. The third-order valence-corrected chi connectivity index (χ3v) is 2.99. The van der Waals surface area contributed by atoms with Gasteiger partial charge in [-0.2, -0.15) is 0 Å². The molecule has 1 atom stereocenters. The lowest BCUT2D eigenvalue weighted by atomic mass is 10.2. The van der Waals surface area contributed by atoms with Crippen LogP contribution in [0.5, 0.6) is 5.75 Å². The summed E-state index contributed by atoms with van der Waals surface area (Å²) in [6.45, 7) is 3.10. The molecule has 102 valence electrons. The summed E-state index contributed by atoms with van der Waals surface area (Å²) < 4.78 is 5.53. The van der Waals surface area contributed by atoms with Crippen LogP contribution in [-0.2, 0) is 6.42 Å². The van der Waals surface area contributed by atoms with E-state index in [-0.39, 0.29) is 12.4 Å². The van der Waals surface area contributed by atoms with Crippen molar-refractivity contribution < 1.29 is 9.84 Å². The SMILES string of the molecule is CCc1ccc(OCC(O)CNC2CC2)cc1.Cl. The van der Waals surface area contributed by atoms with Crippen LogP contribution in [0.1, 0.15) is 25.3 Å². The van der Waals surface area contributed by atoms with E-state index in [4.69, 9.17) is 4.74 Å². The second kappa shape index (κ2) is 7.62. The van der Waals surface area contributed by atoms with Crippen molar-refractivity contribution >= 4 is 12.4 Å². The van der Waals surface area contributed by atoms with Gasteiger partial charge in [-0.3, -0.25) is 0 Å². The molecule has 3 nitrogen and oxygen atoms in total. The number of aliphatic hydroxyl groups excluding tert-OH is 1. The fraction of sp³-hybridized carbons (Fsp3) is 0.571. The third kappa shape index (κ3) is 5.25. The molecule has 1 aliphatic rings. The third-order valence-electron chi connectivity index (χ3n) is 2.99. The maximum absolute atomic E-state index is 9.70. The van der Waals surface area contributed by atoms with Gasteiger partial charge in [0, 0.05) is 12.6 Å². The Kier molecular flexibility index (Phi) is 6.47. The molecule has 0 bridgehead atoms. The zero-order valence-corrected chi connectivity index (χ0v) is 11.6. The number of aryl methyl sites for hydroxylation is 1. The summed E-state index contributed by atoms with van der Waals surface area (Å²) in [6, 6.07) is 8.67. The summed E-state index contributed by atoms with van der Waals surface area (Å²) in [5.41, 5.74) is 1.30. The maximum atomic E-state index is 9.70. The molecule has 4 heteroatoms. The molecule has 0 aromatic heterocycles. The van der Waals surface area contributed by atoms with Crippen molar-refractivity contribution in [3.8, 4) is 5.75 Å². The highest BCUT2D eigenvalue weighted by Crippen LogP contribution is 2.18. The maximum Gasteiger partial charge on any atom is 0.119 e. The van der Waals surface area contributed by atoms with Gasteiger partial charge in [0.1, 0.15) is 18.5 Å². The van der Waals surface area contributed by atoms with Crippen LogP contribution in [0.15, 0.2) is 24.3 Å². The van der Waals surface area contributed by atoms with E-state index in [2.05, 4.69) is 24.4 Å². The predicted molar refractivity (Wildman–Crippen MR) is 75.6 cm³/mol. The molecule has 1 unspecified atom stereocenters. The number of ether oxygens (including phenoxy) is 1. The monoisotopic (exact) mass is 271 g/mol. The first-order valence-corrected chi connectivity index (χ1v) is 6.41. The topological polar surface area (TPSA) is 41.5 Å². The smallest absolute Gasteiger partial charge is 0.119 e. The van der Waals surface area contributed by atoms with Crippen molar-refractivity contribution in [3.63, 3.8) is 0 Å². The second-order valence-electron chi connectivity index (χ2n) is 4.64. The summed E-state index contributed by atoms with van der Waals surface area (Å²) in [4.78, 5) is 0. The van der Waals surface area contributed by atoms with Gasteiger partial charge in [0.2, 0.25) is 0 Å². The van der Waals surface area contributed by atoms with E-state index in [0.717, 1.165) is 12.2 Å². The van der Waals surface area contributed by atoms with Gasteiger partial charge < -0.3 is 15.2 Å². The lowest BCUT2D eigenvalue weighted by molar-refractivity contribution is 0.106. The summed E-state index contributed by atoms with van der Waals surface area (Å²) in [5.74, 6) is 0.827. The molecule has 1 aliphatic carbocycles. The van der Waals surface area contributed by atoms with E-state index < -0.39 is 6.10 Å². The molecule has 1 aromatic carbocycles. The van der Waals surface area contributed by atoms with E-state index in [9.17, 15) is 5.11 Å². The second-order valence-corrected chi connectivity index (χ2v) is 4.64. The summed E-state index contributed by atoms with van der Waals surface area (Å²) >= 11 is 0. The first-order valence-electron chi connectivity index (χ1n) is 6.41. The lowest BCUT2D eigenvalue weighted by Crippen LogP contribution is -2.32. The molecule has 0 heterocycles. The highest BCUT2D eigenvalue weighted by atomic mass is 35.5. The highest BCUT2D eigenvalue weighted by molar-refractivity contribution is 5.85. The summed E-state index contributed by atoms with van der Waals surface area (Å²) in [5, 5.41) is 13.0. The van der Waals surface area contributed by atoms with E-state index >= 15 is 0 Å².